The lowest BCUT2D eigenvalue weighted by Crippen LogP contribution is -2.56. The predicted molar refractivity (Wildman–Crippen MR) is 303 cm³/mol. The maximum atomic E-state index is 13.9. The predicted octanol–water partition coefficient (Wildman–Crippen LogP) is 2.49. The summed E-state index contributed by atoms with van der Waals surface area (Å²) in [6, 6.07) is 11.8. The summed E-state index contributed by atoms with van der Waals surface area (Å²) in [5.41, 5.74) is 18.8. The highest BCUT2D eigenvalue weighted by Gasteiger charge is 2.41. The van der Waals surface area contributed by atoms with E-state index >= 15 is 0 Å². The molecule has 2 fully saturated rings. The van der Waals surface area contributed by atoms with Crippen LogP contribution in [0.3, 0.4) is 0 Å². The summed E-state index contributed by atoms with van der Waals surface area (Å²) in [5.74, 6) is -13.3. The molecule has 7 amide bonds. The number of aliphatic imine (C=N–C) groups is 1. The molecular formula is C53H71F12N13O15. The number of amides is 7. The third-order valence-electron chi connectivity index (χ3n) is 13.0. The minimum absolute atomic E-state index is 0.0489. The van der Waals surface area contributed by atoms with Gasteiger partial charge in [0.2, 0.25) is 35.4 Å². The Labute approximate surface area is 521 Å². The van der Waals surface area contributed by atoms with Gasteiger partial charge in [-0.05, 0) is 102 Å². The first kappa shape index (κ1) is 82.1. The van der Waals surface area contributed by atoms with Crippen molar-refractivity contribution in [2.24, 2.45) is 28.1 Å². The van der Waals surface area contributed by atoms with Crippen LogP contribution in [0.2, 0.25) is 0 Å². The van der Waals surface area contributed by atoms with Gasteiger partial charge in [-0.15, -0.1) is 0 Å². The highest BCUT2D eigenvalue weighted by molar-refractivity contribution is 6.18. The van der Waals surface area contributed by atoms with Crippen LogP contribution in [-0.2, 0) is 47.9 Å². The highest BCUT2D eigenvalue weighted by Crippen LogP contribution is 2.38. The second-order valence-electron chi connectivity index (χ2n) is 20.2. The number of unbranched alkanes of at least 4 members (excludes halogenated alkanes) is 1. The molecule has 2 aromatic rings. The summed E-state index contributed by atoms with van der Waals surface area (Å²) in [5, 5.41) is 42.4. The molecule has 2 saturated heterocycles. The third kappa shape index (κ3) is 31.8. The van der Waals surface area contributed by atoms with Crippen LogP contribution in [0.1, 0.15) is 75.6 Å². The van der Waals surface area contributed by atoms with E-state index in [2.05, 4.69) is 41.4 Å². The van der Waals surface area contributed by atoms with Crippen LogP contribution in [-0.4, -0.2) is 221 Å². The minimum Gasteiger partial charge on any atom is -0.475 e. The zero-order chi connectivity index (χ0) is 71.2. The second-order valence-corrected chi connectivity index (χ2v) is 20.2. The van der Waals surface area contributed by atoms with Gasteiger partial charge in [0, 0.05) is 59.2 Å². The number of carboxylic acid groups (broad SMARTS) is 4. The van der Waals surface area contributed by atoms with E-state index in [-0.39, 0.29) is 42.6 Å². The summed E-state index contributed by atoms with van der Waals surface area (Å²) < 4.78 is 127. The van der Waals surface area contributed by atoms with Crippen molar-refractivity contribution < 1.29 is 126 Å². The molecule has 0 aliphatic carbocycles. The zero-order valence-electron chi connectivity index (χ0n) is 49.6. The number of imide groups is 1. The number of nitrogens with two attached hydrogens (primary N) is 3. The number of carbonyl (C=O) groups excluding carboxylic acids is 7. The van der Waals surface area contributed by atoms with E-state index in [1.165, 1.54) is 13.8 Å². The number of guanidine groups is 1. The van der Waals surface area contributed by atoms with Gasteiger partial charge in [-0.3, -0.25) is 58.6 Å². The quantitative estimate of drug-likeness (QED) is 0.0370. The number of nitrogens with zero attached hydrogens (tertiary/aromatic N) is 5. The molecule has 0 aromatic heterocycles. The van der Waals surface area contributed by atoms with Gasteiger partial charge in [0.25, 0.3) is 5.91 Å². The Morgan fingerprint density at radius 2 is 1.11 bits per heavy atom. The fraction of sp³-hybridized carbons (Fsp3) is 0.547. The Balaban J connectivity index is 0.00000128. The van der Waals surface area contributed by atoms with Crippen molar-refractivity contribution in [1.29, 1.82) is 0 Å². The Hall–Kier alpha value is -8.92. The largest absolute Gasteiger partial charge is 0.490 e. The van der Waals surface area contributed by atoms with E-state index in [9.17, 15) is 86.2 Å². The topological polar surface area (TPSA) is 432 Å². The van der Waals surface area contributed by atoms with E-state index in [4.69, 9.17) is 56.8 Å². The summed E-state index contributed by atoms with van der Waals surface area (Å²) in [6.07, 6.45) is -15.9. The van der Waals surface area contributed by atoms with Crippen molar-refractivity contribution in [3.05, 3.63) is 54.1 Å². The van der Waals surface area contributed by atoms with Crippen molar-refractivity contribution in [3.63, 3.8) is 0 Å². The van der Waals surface area contributed by atoms with Crippen molar-refractivity contribution >= 4 is 88.2 Å². The number of hydrogen-bond donors (Lipinski definition) is 12. The van der Waals surface area contributed by atoms with Crippen LogP contribution in [0.15, 0.2) is 53.5 Å². The van der Waals surface area contributed by atoms with Crippen molar-refractivity contribution in [2.75, 3.05) is 82.2 Å². The van der Waals surface area contributed by atoms with Gasteiger partial charge in [-0.2, -0.15) is 52.7 Å². The third-order valence-corrected chi connectivity index (χ3v) is 13.0. The van der Waals surface area contributed by atoms with Crippen molar-refractivity contribution in [1.82, 2.24) is 36.0 Å². The smallest absolute Gasteiger partial charge is 0.475 e. The Kier molecular flexibility index (Phi) is 34.3. The number of benzene rings is 2. The summed E-state index contributed by atoms with van der Waals surface area (Å²) >= 11 is 0. The van der Waals surface area contributed by atoms with Gasteiger partial charge in [-0.25, -0.2) is 19.2 Å². The summed E-state index contributed by atoms with van der Waals surface area (Å²) in [4.78, 5) is 139. The number of carboxylic acids is 4. The second kappa shape index (κ2) is 38.8. The van der Waals surface area contributed by atoms with Gasteiger partial charge in [-0.1, -0.05) is 24.3 Å². The van der Waals surface area contributed by atoms with E-state index in [1.807, 2.05) is 29.2 Å². The average molecular weight is 1360 g/mol. The number of halogens is 12. The lowest BCUT2D eigenvalue weighted by Gasteiger charge is -2.37. The maximum Gasteiger partial charge on any atom is 0.490 e. The fourth-order valence-electron chi connectivity index (χ4n) is 8.36. The molecule has 3 atom stereocenters. The number of anilines is 3. The molecule has 3 heterocycles. The van der Waals surface area contributed by atoms with Gasteiger partial charge >= 0.3 is 48.6 Å². The molecule has 0 radical (unpaired) electrons. The van der Waals surface area contributed by atoms with Crippen molar-refractivity contribution in [3.8, 4) is 0 Å². The van der Waals surface area contributed by atoms with E-state index in [1.54, 1.807) is 29.2 Å². The number of likely N-dealkylation sites (tertiary alicyclic amines) is 1. The standard InChI is InChI=1S/C45H67N13O7.4C2HF3O2/c1-30(41(62)54-36(12-7-8-18-46)44(65)52-31(2)59)51-43(64)35(13-9-19-50-45(47)48)49-20-23-55-24-26-57(27-25-55)39(60)28-32-16-21-56(22-17-32)29-40(61)58-37-14-5-3-10-33(37)42(63)53-34-11-4-6-15-38(34)58;4*3-2(4,5)1(6)7/h3-6,10-11,14-15,30,32,35-36,49H,7-9,12-13,16-29,46H2,1-2H3,(H,51,64)(H,53,63)(H,54,62)(H4,47,48,50)(H,52,59,65);4*(H,6,7)/t30-,35-,36-;;;;/m0..../s1. The number of para-hydroxylation sites is 3. The molecule has 0 unspecified atom stereocenters. The van der Waals surface area contributed by atoms with Gasteiger partial charge in [0.15, 0.2) is 5.96 Å². The number of nitrogens with one attached hydrogen (secondary N) is 5. The fourth-order valence-corrected chi connectivity index (χ4v) is 8.36. The molecule has 93 heavy (non-hydrogen) atoms. The minimum atomic E-state index is -5.08. The number of piperazine rings is 1. The molecule has 28 nitrogen and oxygen atoms in total. The van der Waals surface area contributed by atoms with Crippen LogP contribution in [0.5, 0.6) is 0 Å². The number of piperidine rings is 1. The zero-order valence-corrected chi connectivity index (χ0v) is 49.6. The molecule has 0 bridgehead atoms. The number of aliphatic carboxylic acids is 4. The van der Waals surface area contributed by atoms with Gasteiger partial charge < -0.3 is 63.8 Å². The first-order valence-electron chi connectivity index (χ1n) is 27.7. The molecule has 3 aliphatic heterocycles. The normalized spacial score (nSPS) is 15.3. The maximum absolute atomic E-state index is 13.9. The highest BCUT2D eigenvalue weighted by atomic mass is 19.4. The number of hydrogen-bond acceptors (Lipinski definition) is 16. The molecular weight excluding hydrogens is 1290 g/mol. The Morgan fingerprint density at radius 1 is 0.624 bits per heavy atom. The number of alkyl halides is 12. The number of rotatable bonds is 21. The molecule has 3 aliphatic rings. The Bertz CT molecular complexity index is 2790. The first-order chi connectivity index (χ1) is 43.0. The van der Waals surface area contributed by atoms with Gasteiger partial charge in [0.1, 0.15) is 12.1 Å². The van der Waals surface area contributed by atoms with E-state index in [0.717, 1.165) is 12.8 Å². The van der Waals surface area contributed by atoms with Gasteiger partial charge in [0.05, 0.1) is 35.2 Å². The lowest BCUT2D eigenvalue weighted by atomic mass is 9.93. The van der Waals surface area contributed by atoms with Crippen LogP contribution in [0.4, 0.5) is 69.7 Å². The molecule has 5 rings (SSSR count). The molecule has 0 spiro atoms. The number of carbonyl (C=O) groups is 11. The monoisotopic (exact) mass is 1360 g/mol. The number of fused-ring (bicyclic) bond motifs is 2. The average Bonchev–Trinajstić information content (AvgIpc) is 1.69. The molecule has 522 valence electrons. The lowest BCUT2D eigenvalue weighted by molar-refractivity contribution is -0.193. The van der Waals surface area contributed by atoms with Crippen LogP contribution in [0, 0.1) is 5.92 Å². The van der Waals surface area contributed by atoms with Crippen LogP contribution < -0.4 is 48.7 Å². The summed E-state index contributed by atoms with van der Waals surface area (Å²) in [6.45, 7) is 8.69. The van der Waals surface area contributed by atoms with E-state index in [0.29, 0.717) is 120 Å². The summed E-state index contributed by atoms with van der Waals surface area (Å²) in [7, 11) is 0. The first-order valence-corrected chi connectivity index (χ1v) is 27.7. The molecule has 0 saturated carbocycles. The van der Waals surface area contributed by atoms with Crippen molar-refractivity contribution in [2.45, 2.75) is 108 Å². The molecule has 40 heteroatoms. The van der Waals surface area contributed by atoms with E-state index < -0.39 is 90.3 Å². The molecule has 15 N–H and O–H groups in total. The SMILES string of the molecule is CC(=O)NC(=O)[C@H](CCCCN)NC(=O)[C@H](C)NC(=O)[C@H](CCCN=C(N)N)NCCN1CCN(C(=O)CC2CCN(CC(=O)N3c4ccccc4NC(=O)c4ccccc43)CC2)CC1.O=C(O)C(F)(F)F.O=C(O)C(F)(F)F.O=C(O)C(F)(F)F.O=C(O)C(F)(F)F. The Morgan fingerprint density at radius 3 is 1.59 bits per heavy atom. The van der Waals surface area contributed by atoms with Crippen LogP contribution in [0.25, 0.3) is 0 Å². The molecule has 2 aromatic carbocycles. The van der Waals surface area contributed by atoms with Crippen LogP contribution >= 0.6 is 0 Å².